The first kappa shape index (κ1) is 12.7. The minimum Gasteiger partial charge on any atom is -0.273 e. The Labute approximate surface area is 107 Å². The van der Waals surface area contributed by atoms with Crippen molar-refractivity contribution in [2.45, 2.75) is 32.9 Å². The number of nitrogens with zero attached hydrogens (tertiary/aromatic N) is 3. The fourth-order valence-corrected chi connectivity index (χ4v) is 2.04. The van der Waals surface area contributed by atoms with Crippen LogP contribution in [-0.4, -0.2) is 14.8 Å². The number of aryl methyl sites for hydroxylation is 2. The summed E-state index contributed by atoms with van der Waals surface area (Å²) in [6.45, 7) is 4.95. The molecule has 0 spiro atoms. The number of aromatic nitrogens is 3. The van der Waals surface area contributed by atoms with Gasteiger partial charge in [0.25, 0.3) is 0 Å². The Morgan fingerprint density at radius 1 is 1.50 bits per heavy atom. The van der Waals surface area contributed by atoms with E-state index < -0.39 is 0 Å². The highest BCUT2D eigenvalue weighted by Gasteiger charge is 2.14. The van der Waals surface area contributed by atoms with Gasteiger partial charge in [0.1, 0.15) is 0 Å². The van der Waals surface area contributed by atoms with Crippen LogP contribution >= 0.6 is 0 Å². The van der Waals surface area contributed by atoms with Crippen LogP contribution < -0.4 is 11.3 Å². The summed E-state index contributed by atoms with van der Waals surface area (Å²) in [5.41, 5.74) is 6.16. The summed E-state index contributed by atoms with van der Waals surface area (Å²) in [5.74, 6) is 5.66. The van der Waals surface area contributed by atoms with Crippen LogP contribution in [0, 0.1) is 6.92 Å². The van der Waals surface area contributed by atoms with Gasteiger partial charge < -0.3 is 0 Å². The Balaban J connectivity index is 2.17. The van der Waals surface area contributed by atoms with Gasteiger partial charge in [-0.15, -0.1) is 0 Å². The van der Waals surface area contributed by atoms with Gasteiger partial charge in [-0.3, -0.25) is 20.9 Å². The molecule has 3 N–H and O–H groups in total. The van der Waals surface area contributed by atoms with Gasteiger partial charge in [0.2, 0.25) is 0 Å². The van der Waals surface area contributed by atoms with Gasteiger partial charge in [-0.1, -0.05) is 6.07 Å². The van der Waals surface area contributed by atoms with Gasteiger partial charge in [0, 0.05) is 24.6 Å². The SMILES string of the molecule is CCn1cc(CC(NN)c2cccnc2C)cn1. The molecule has 2 rings (SSSR count). The maximum absolute atomic E-state index is 5.66. The Bertz CT molecular complexity index is 506. The summed E-state index contributed by atoms with van der Waals surface area (Å²) in [5, 5.41) is 4.27. The first-order valence-corrected chi connectivity index (χ1v) is 6.13. The average molecular weight is 245 g/mol. The van der Waals surface area contributed by atoms with E-state index in [9.17, 15) is 0 Å². The molecule has 0 aliphatic rings. The van der Waals surface area contributed by atoms with E-state index in [4.69, 9.17) is 5.84 Å². The van der Waals surface area contributed by atoms with E-state index in [1.165, 1.54) is 5.56 Å². The maximum atomic E-state index is 5.66. The lowest BCUT2D eigenvalue weighted by Crippen LogP contribution is -2.30. The molecule has 5 nitrogen and oxygen atoms in total. The van der Waals surface area contributed by atoms with Crippen molar-refractivity contribution in [1.29, 1.82) is 0 Å². The molecule has 0 saturated carbocycles. The van der Waals surface area contributed by atoms with Crippen LogP contribution in [0.25, 0.3) is 0 Å². The fourth-order valence-electron chi connectivity index (χ4n) is 2.04. The topological polar surface area (TPSA) is 68.8 Å². The van der Waals surface area contributed by atoms with Crippen molar-refractivity contribution in [1.82, 2.24) is 20.2 Å². The molecule has 0 radical (unpaired) electrons. The summed E-state index contributed by atoms with van der Waals surface area (Å²) in [6.07, 6.45) is 6.54. The van der Waals surface area contributed by atoms with Crippen LogP contribution in [0.15, 0.2) is 30.7 Å². The van der Waals surface area contributed by atoms with Crippen molar-refractivity contribution in [3.05, 3.63) is 47.5 Å². The van der Waals surface area contributed by atoms with Gasteiger partial charge in [-0.25, -0.2) is 0 Å². The minimum atomic E-state index is 0.0632. The number of nitrogens with two attached hydrogens (primary N) is 1. The molecule has 1 atom stereocenters. The number of rotatable bonds is 5. The lowest BCUT2D eigenvalue weighted by atomic mass is 10.0. The normalized spacial score (nSPS) is 12.6. The molecule has 0 aromatic carbocycles. The van der Waals surface area contributed by atoms with E-state index in [0.717, 1.165) is 24.2 Å². The Kier molecular flexibility index (Phi) is 4.07. The third-order valence-corrected chi connectivity index (χ3v) is 3.07. The second-order valence-corrected chi connectivity index (χ2v) is 4.31. The van der Waals surface area contributed by atoms with Gasteiger partial charge in [-0.05, 0) is 37.5 Å². The summed E-state index contributed by atoms with van der Waals surface area (Å²) in [7, 11) is 0. The van der Waals surface area contributed by atoms with E-state index in [1.54, 1.807) is 6.20 Å². The molecule has 2 aromatic heterocycles. The van der Waals surface area contributed by atoms with Crippen LogP contribution in [0.2, 0.25) is 0 Å². The number of nitrogens with one attached hydrogen (secondary N) is 1. The number of hydrazine groups is 1. The van der Waals surface area contributed by atoms with Crippen LogP contribution in [0.4, 0.5) is 0 Å². The van der Waals surface area contributed by atoms with Crippen molar-refractivity contribution in [2.75, 3.05) is 0 Å². The summed E-state index contributed by atoms with van der Waals surface area (Å²) in [4.78, 5) is 4.29. The van der Waals surface area contributed by atoms with Gasteiger partial charge in [0.15, 0.2) is 0 Å². The van der Waals surface area contributed by atoms with E-state index >= 15 is 0 Å². The number of hydrogen-bond acceptors (Lipinski definition) is 4. The zero-order valence-corrected chi connectivity index (χ0v) is 10.8. The smallest absolute Gasteiger partial charge is 0.0522 e. The second-order valence-electron chi connectivity index (χ2n) is 4.31. The molecular formula is C13H19N5. The highest BCUT2D eigenvalue weighted by atomic mass is 15.3. The molecule has 96 valence electrons. The van der Waals surface area contributed by atoms with E-state index in [2.05, 4.69) is 34.7 Å². The van der Waals surface area contributed by atoms with Gasteiger partial charge in [0.05, 0.1) is 12.2 Å². The molecule has 0 bridgehead atoms. The molecule has 0 amide bonds. The molecule has 0 fully saturated rings. The first-order chi connectivity index (χ1) is 8.74. The Morgan fingerprint density at radius 2 is 2.33 bits per heavy atom. The van der Waals surface area contributed by atoms with Gasteiger partial charge in [-0.2, -0.15) is 5.10 Å². The summed E-state index contributed by atoms with van der Waals surface area (Å²) < 4.78 is 1.92. The van der Waals surface area contributed by atoms with E-state index in [-0.39, 0.29) is 6.04 Å². The van der Waals surface area contributed by atoms with Crippen molar-refractivity contribution < 1.29 is 0 Å². The monoisotopic (exact) mass is 245 g/mol. The third kappa shape index (κ3) is 2.75. The van der Waals surface area contributed by atoms with Crippen LogP contribution in [0.5, 0.6) is 0 Å². The van der Waals surface area contributed by atoms with Crippen molar-refractivity contribution in [3.8, 4) is 0 Å². The largest absolute Gasteiger partial charge is 0.273 e. The molecular weight excluding hydrogens is 226 g/mol. The molecule has 18 heavy (non-hydrogen) atoms. The molecule has 2 aromatic rings. The van der Waals surface area contributed by atoms with Crippen LogP contribution in [-0.2, 0) is 13.0 Å². The first-order valence-electron chi connectivity index (χ1n) is 6.13. The van der Waals surface area contributed by atoms with Crippen LogP contribution in [0.3, 0.4) is 0 Å². The number of pyridine rings is 1. The van der Waals surface area contributed by atoms with E-state index in [0.29, 0.717) is 0 Å². The average Bonchev–Trinajstić information content (AvgIpc) is 2.85. The minimum absolute atomic E-state index is 0.0632. The third-order valence-electron chi connectivity index (χ3n) is 3.07. The highest BCUT2D eigenvalue weighted by Crippen LogP contribution is 2.19. The predicted molar refractivity (Wildman–Crippen MR) is 70.6 cm³/mol. The second kappa shape index (κ2) is 5.75. The standard InChI is InChI=1S/C13H19N5/c1-3-18-9-11(8-16-18)7-13(17-14)12-5-4-6-15-10(12)2/h4-6,8-9,13,17H,3,7,14H2,1-2H3. The maximum Gasteiger partial charge on any atom is 0.0522 e. The summed E-state index contributed by atoms with van der Waals surface area (Å²) in [6, 6.07) is 4.05. The van der Waals surface area contributed by atoms with E-state index in [1.807, 2.05) is 23.9 Å². The van der Waals surface area contributed by atoms with Gasteiger partial charge >= 0.3 is 0 Å². The molecule has 0 aliphatic carbocycles. The number of hydrogen-bond donors (Lipinski definition) is 2. The molecule has 0 saturated heterocycles. The zero-order valence-electron chi connectivity index (χ0n) is 10.8. The molecule has 5 heteroatoms. The predicted octanol–water partition coefficient (Wildman–Crippen LogP) is 1.35. The Morgan fingerprint density at radius 3 is 2.94 bits per heavy atom. The molecule has 1 unspecified atom stereocenters. The summed E-state index contributed by atoms with van der Waals surface area (Å²) >= 11 is 0. The Hall–Kier alpha value is -1.72. The molecule has 0 aliphatic heterocycles. The van der Waals surface area contributed by atoms with Crippen molar-refractivity contribution >= 4 is 0 Å². The van der Waals surface area contributed by atoms with Crippen molar-refractivity contribution in [3.63, 3.8) is 0 Å². The van der Waals surface area contributed by atoms with Crippen LogP contribution in [0.1, 0.15) is 29.8 Å². The fraction of sp³-hybridized carbons (Fsp3) is 0.385. The highest BCUT2D eigenvalue weighted by molar-refractivity contribution is 5.24. The quantitative estimate of drug-likeness (QED) is 0.616. The lowest BCUT2D eigenvalue weighted by Gasteiger charge is -2.16. The molecule has 2 heterocycles. The van der Waals surface area contributed by atoms with Crippen molar-refractivity contribution in [2.24, 2.45) is 5.84 Å². The lowest BCUT2D eigenvalue weighted by molar-refractivity contribution is 0.546. The zero-order chi connectivity index (χ0) is 13.0.